The molecule has 20 rings (SSSR count). The molecule has 4 aromatic heterocycles. The zero-order chi connectivity index (χ0) is 70.4. The Bertz CT molecular complexity index is 5070. The first kappa shape index (κ1) is 66.8. The quantitative estimate of drug-likeness (QED) is 0.0480. The van der Waals surface area contributed by atoms with E-state index in [4.69, 9.17) is 9.97 Å². The maximum atomic E-state index is 5.87. The first-order valence-electron chi connectivity index (χ1n) is 43.7. The van der Waals surface area contributed by atoms with Gasteiger partial charge in [0.15, 0.2) is 0 Å². The van der Waals surface area contributed by atoms with Gasteiger partial charge in [-0.15, -0.1) is 0 Å². The van der Waals surface area contributed by atoms with Gasteiger partial charge in [-0.25, -0.2) is 0 Å². The summed E-state index contributed by atoms with van der Waals surface area (Å²) in [5.74, 6) is 8.24. The molecule has 0 saturated heterocycles. The van der Waals surface area contributed by atoms with Crippen LogP contribution in [0.15, 0.2) is 116 Å². The molecule has 10 aromatic rings. The van der Waals surface area contributed by atoms with Crippen molar-refractivity contribution in [2.24, 2.45) is 52.8 Å². The van der Waals surface area contributed by atoms with Crippen molar-refractivity contribution in [3.8, 4) is 55.6 Å². The topological polar surface area (TPSA) is 30.2 Å². The van der Waals surface area contributed by atoms with Crippen LogP contribution in [0.5, 0.6) is 0 Å². The van der Waals surface area contributed by atoms with Gasteiger partial charge in [0.05, 0.1) is 28.9 Å². The highest BCUT2D eigenvalue weighted by Crippen LogP contribution is 2.82. The van der Waals surface area contributed by atoms with Crippen molar-refractivity contribution in [3.05, 3.63) is 171 Å². The molecule has 4 heterocycles. The van der Waals surface area contributed by atoms with E-state index < -0.39 is 0 Å². The number of benzene rings is 6. The first-order chi connectivity index (χ1) is 50.9. The van der Waals surface area contributed by atoms with Gasteiger partial charge >= 0.3 is 0 Å². The number of aromatic nitrogens is 3. The average Bonchev–Trinajstić information content (AvgIpc) is 1.46. The van der Waals surface area contributed by atoms with E-state index in [2.05, 4.69) is 189 Å². The standard InChI is InChI=1S/C101H119N3/c1-11-19-23-26-32-70(18-8)101(69(17-7)31-25-21-13-3)81-34-28-27-33-73(81)76-41-37-64(51-85(76)101)62-36-40-75-74-39-35-61(48-82(74)98(9,10)83(75)49-62)63-38-42-77-79-54-80-91-87(57-102-95-78-45-60-43-65(78)46-66(44-60)89(91)95)104-88-58-103-96-86-53-72-52-71-47-67(56-99(71,72)86)90(96)92(88)93(97(80)104)94(79)100(84(77)50-63,55-59(15-5)29-22-14-4)68(16-6)30-24-20-12-2/h27-28,33-42,48-51,54,57-60,65-72,78,86H,11-26,29-32,43-47,52-53,55-56H2,1-10H3. The maximum absolute atomic E-state index is 5.87. The fourth-order valence-electron chi connectivity index (χ4n) is 28.2. The van der Waals surface area contributed by atoms with Crippen LogP contribution in [0.25, 0.3) is 93.7 Å². The predicted molar refractivity (Wildman–Crippen MR) is 438 cm³/mol. The summed E-state index contributed by atoms with van der Waals surface area (Å²) in [6.45, 7) is 24.9. The minimum absolute atomic E-state index is 0.00318. The van der Waals surface area contributed by atoms with E-state index in [0.29, 0.717) is 52.8 Å². The molecule has 538 valence electrons. The van der Waals surface area contributed by atoms with E-state index in [-0.39, 0.29) is 16.2 Å². The molecule has 5 fully saturated rings. The highest BCUT2D eigenvalue weighted by molar-refractivity contribution is 6.28. The van der Waals surface area contributed by atoms with Crippen LogP contribution in [0.4, 0.5) is 0 Å². The Balaban J connectivity index is 0.756. The van der Waals surface area contributed by atoms with Gasteiger partial charge in [0.25, 0.3) is 0 Å². The molecule has 0 aliphatic heterocycles. The molecule has 1 spiro atoms. The smallest absolute Gasteiger partial charge is 0.0728 e. The second-order valence-electron chi connectivity index (χ2n) is 37.4. The van der Waals surface area contributed by atoms with Gasteiger partial charge in [0.2, 0.25) is 0 Å². The highest BCUT2D eigenvalue weighted by atomic mass is 15.0. The molecule has 0 amide bonds. The Labute approximate surface area is 623 Å². The number of unbranched alkanes of at least 4 members (excludes halogenated alkanes) is 8. The number of rotatable bonds is 27. The zero-order valence-corrected chi connectivity index (χ0v) is 65.2. The third-order valence-electron chi connectivity index (χ3n) is 32.7. The largest absolute Gasteiger partial charge is 0.305 e. The Morgan fingerprint density at radius 1 is 0.452 bits per heavy atom. The van der Waals surface area contributed by atoms with Crippen molar-refractivity contribution < 1.29 is 0 Å². The predicted octanol–water partition coefficient (Wildman–Crippen LogP) is 28.6. The van der Waals surface area contributed by atoms with E-state index in [1.54, 1.807) is 55.1 Å². The van der Waals surface area contributed by atoms with Crippen LogP contribution in [0.2, 0.25) is 0 Å². The van der Waals surface area contributed by atoms with Gasteiger partial charge in [-0.3, -0.25) is 9.97 Å². The number of pyridine rings is 2. The van der Waals surface area contributed by atoms with Crippen molar-refractivity contribution >= 4 is 38.1 Å². The zero-order valence-electron chi connectivity index (χ0n) is 65.2. The molecular formula is C101H119N3. The van der Waals surface area contributed by atoms with Crippen molar-refractivity contribution in [1.82, 2.24) is 14.4 Å². The molecule has 104 heavy (non-hydrogen) atoms. The molecule has 10 aliphatic rings. The summed E-state index contributed by atoms with van der Waals surface area (Å²) in [6.07, 6.45) is 42.7. The van der Waals surface area contributed by atoms with Crippen molar-refractivity contribution in [2.45, 2.75) is 295 Å². The summed E-state index contributed by atoms with van der Waals surface area (Å²) in [5, 5.41) is 6.37. The second-order valence-corrected chi connectivity index (χ2v) is 37.4. The van der Waals surface area contributed by atoms with E-state index >= 15 is 0 Å². The van der Waals surface area contributed by atoms with Gasteiger partial charge in [0.1, 0.15) is 0 Å². The third-order valence-corrected chi connectivity index (χ3v) is 32.7. The Morgan fingerprint density at radius 2 is 1.02 bits per heavy atom. The lowest BCUT2D eigenvalue weighted by Gasteiger charge is -2.67. The molecule has 15 atom stereocenters. The lowest BCUT2D eigenvalue weighted by atomic mass is 9.37. The Hall–Kier alpha value is -6.58. The lowest BCUT2D eigenvalue weighted by Crippen LogP contribution is -2.59. The molecule has 15 unspecified atom stereocenters. The minimum atomic E-state index is -0.191. The fourth-order valence-corrected chi connectivity index (χ4v) is 28.2. The van der Waals surface area contributed by atoms with Gasteiger partial charge < -0.3 is 4.40 Å². The van der Waals surface area contributed by atoms with Crippen LogP contribution in [-0.2, 0) is 16.2 Å². The maximum Gasteiger partial charge on any atom is 0.0728 e. The minimum Gasteiger partial charge on any atom is -0.305 e. The molecule has 0 radical (unpaired) electrons. The van der Waals surface area contributed by atoms with Crippen LogP contribution >= 0.6 is 0 Å². The Kier molecular flexibility index (Phi) is 16.1. The van der Waals surface area contributed by atoms with Crippen LogP contribution < -0.4 is 0 Å². The van der Waals surface area contributed by atoms with E-state index in [1.807, 2.05) is 0 Å². The van der Waals surface area contributed by atoms with Gasteiger partial charge in [-0.1, -0.05) is 251 Å². The van der Waals surface area contributed by atoms with Crippen LogP contribution in [0.1, 0.15) is 335 Å². The summed E-state index contributed by atoms with van der Waals surface area (Å²) >= 11 is 0. The first-order valence-corrected chi connectivity index (χ1v) is 43.7. The molecule has 3 heteroatoms. The summed E-state index contributed by atoms with van der Waals surface area (Å²) in [7, 11) is 0. The van der Waals surface area contributed by atoms with Gasteiger partial charge in [0, 0.05) is 61.0 Å². The van der Waals surface area contributed by atoms with Crippen molar-refractivity contribution in [3.63, 3.8) is 0 Å². The number of hydrogen-bond acceptors (Lipinski definition) is 2. The van der Waals surface area contributed by atoms with Crippen molar-refractivity contribution in [1.29, 1.82) is 0 Å². The summed E-state index contributed by atoms with van der Waals surface area (Å²) < 4.78 is 2.83. The normalized spacial score (nSPS) is 27.9. The third kappa shape index (κ3) is 8.94. The lowest BCUT2D eigenvalue weighted by molar-refractivity contribution is -0.147. The van der Waals surface area contributed by atoms with Crippen LogP contribution in [-0.4, -0.2) is 14.4 Å². The number of hydrogen-bond donors (Lipinski definition) is 0. The van der Waals surface area contributed by atoms with Gasteiger partial charge in [-0.05, 0) is 272 Å². The van der Waals surface area contributed by atoms with Crippen LogP contribution in [0, 0.1) is 52.8 Å². The monoisotopic (exact) mass is 1370 g/mol. The van der Waals surface area contributed by atoms with E-state index in [0.717, 1.165) is 23.7 Å². The molecule has 6 aromatic carbocycles. The van der Waals surface area contributed by atoms with E-state index in [1.165, 1.54) is 281 Å². The van der Waals surface area contributed by atoms with E-state index in [9.17, 15) is 0 Å². The number of fused-ring (bicyclic) bond motifs is 27. The van der Waals surface area contributed by atoms with Crippen LogP contribution in [0.3, 0.4) is 0 Å². The fraction of sp³-hybridized carbons (Fsp3) is 0.545. The molecule has 5 saturated carbocycles. The molecule has 3 nitrogen and oxygen atoms in total. The SMILES string of the molecule is CCCCCCC(CC)C1(C(CC)CCCCC)c2ccccc2-c2ccc(-c3ccc4c(c3)C(C)(C)c3cc(-c5ccc6c(c5)C(CC(CC)CCCC)(C(CC)CCCCC)c5c-6cc6c7c8c(ncc7n7c9cnc%10c(c9c5c67)C5CC6CC7CC%10C67C5)C5CC6CC8CC5C6)ccc3-4)cc21. The highest BCUT2D eigenvalue weighted by Gasteiger charge is 2.73. The summed E-state index contributed by atoms with van der Waals surface area (Å²) in [5.41, 5.74) is 34.8. The average molecular weight is 1380 g/mol. The summed E-state index contributed by atoms with van der Waals surface area (Å²) in [6, 6.07) is 43.9. The number of nitrogens with zero attached hydrogens (tertiary/aromatic N) is 3. The molecule has 5 bridgehead atoms. The molecule has 10 aliphatic carbocycles. The van der Waals surface area contributed by atoms with Crippen molar-refractivity contribution in [2.75, 3.05) is 0 Å². The Morgan fingerprint density at radius 3 is 1.67 bits per heavy atom. The molecular weight excluding hydrogens is 1260 g/mol. The molecule has 0 N–H and O–H groups in total. The second kappa shape index (κ2) is 25.0. The van der Waals surface area contributed by atoms with Gasteiger partial charge in [-0.2, -0.15) is 0 Å². The summed E-state index contributed by atoms with van der Waals surface area (Å²) in [4.78, 5) is 11.6.